The first kappa shape index (κ1) is 31.0. The van der Waals surface area contributed by atoms with E-state index in [-0.39, 0.29) is 49.1 Å². The summed E-state index contributed by atoms with van der Waals surface area (Å²) in [5.41, 5.74) is 4.60. The zero-order valence-electron chi connectivity index (χ0n) is 24.1. The number of rotatable bonds is 5. The standard InChI is InChI=1S/C17H14N.C17H32O2.Ir/c1-12-9-13(2)11-15(10-12)17-16-6-4-3-5-14(16)7-8-18-17;1-5-16(6-2)10-9-12-11-17(7-3,8-4)15(19)13(12)14(16)18;/h3-10H,1-2H3;12-15,18-19H,5-11H2,1-4H3;/q-1;;. The minimum atomic E-state index is -0.309. The van der Waals surface area contributed by atoms with E-state index < -0.39 is 0 Å². The van der Waals surface area contributed by atoms with Gasteiger partial charge in [0.15, 0.2) is 0 Å². The first-order valence-corrected chi connectivity index (χ1v) is 14.4. The van der Waals surface area contributed by atoms with Crippen LogP contribution in [0.15, 0.2) is 48.7 Å². The molecule has 1 radical (unpaired) electrons. The molecule has 0 bridgehead atoms. The fourth-order valence-electron chi connectivity index (χ4n) is 7.54. The minimum Gasteiger partial charge on any atom is -0.392 e. The van der Waals surface area contributed by atoms with E-state index in [1.54, 1.807) is 0 Å². The van der Waals surface area contributed by atoms with Crippen LogP contribution in [0, 0.1) is 42.6 Å². The Bertz CT molecular complexity index is 1170. The Morgan fingerprint density at radius 1 is 0.895 bits per heavy atom. The smallest absolute Gasteiger partial charge is 0.0651 e. The van der Waals surface area contributed by atoms with Gasteiger partial charge in [-0.25, -0.2) is 0 Å². The Hall–Kier alpha value is -1.58. The average Bonchev–Trinajstić information content (AvgIpc) is 3.21. The Balaban J connectivity index is 0.000000205. The monoisotopic (exact) mass is 693 g/mol. The first-order valence-electron chi connectivity index (χ1n) is 14.4. The molecule has 209 valence electrons. The Morgan fingerprint density at radius 2 is 1.53 bits per heavy atom. The predicted octanol–water partition coefficient (Wildman–Crippen LogP) is 8.07. The van der Waals surface area contributed by atoms with Gasteiger partial charge in [-0.3, -0.25) is 0 Å². The van der Waals surface area contributed by atoms with E-state index in [9.17, 15) is 10.2 Å². The number of hydrogen-bond acceptors (Lipinski definition) is 3. The molecule has 2 aromatic carbocycles. The topological polar surface area (TPSA) is 53.4 Å². The van der Waals surface area contributed by atoms with E-state index in [1.165, 1.54) is 22.8 Å². The van der Waals surface area contributed by atoms with Crippen molar-refractivity contribution in [3.8, 4) is 11.3 Å². The van der Waals surface area contributed by atoms with Gasteiger partial charge >= 0.3 is 0 Å². The SMILES string of the molecule is CCC1(CC)CCC2CC(CC)(CC)C(O)C2C1O.Cc1[c-]c(-c2nccc3ccccc23)cc(C)c1.[Ir]. The number of hydrogen-bond donors (Lipinski definition) is 2. The summed E-state index contributed by atoms with van der Waals surface area (Å²) < 4.78 is 0. The molecule has 2 fully saturated rings. The minimum absolute atomic E-state index is 0. The zero-order chi connectivity index (χ0) is 26.8. The van der Waals surface area contributed by atoms with Crippen LogP contribution in [0.2, 0.25) is 0 Å². The molecule has 2 N–H and O–H groups in total. The predicted molar refractivity (Wildman–Crippen MR) is 154 cm³/mol. The van der Waals surface area contributed by atoms with Gasteiger partial charge in [-0.1, -0.05) is 65.8 Å². The van der Waals surface area contributed by atoms with Crippen molar-refractivity contribution in [2.45, 2.75) is 98.7 Å². The van der Waals surface area contributed by atoms with Crippen molar-refractivity contribution < 1.29 is 30.3 Å². The summed E-state index contributed by atoms with van der Waals surface area (Å²) in [5, 5.41) is 24.2. The van der Waals surface area contributed by atoms with Gasteiger partial charge in [0.25, 0.3) is 0 Å². The number of fused-ring (bicyclic) bond motifs is 2. The molecule has 4 unspecified atom stereocenters. The number of aromatic nitrogens is 1. The van der Waals surface area contributed by atoms with E-state index in [4.69, 9.17) is 0 Å². The summed E-state index contributed by atoms with van der Waals surface area (Å²) in [6.07, 6.45) is 8.84. The second-order valence-corrected chi connectivity index (χ2v) is 11.7. The maximum absolute atomic E-state index is 10.9. The van der Waals surface area contributed by atoms with Gasteiger partial charge in [-0.15, -0.1) is 34.9 Å². The van der Waals surface area contributed by atoms with Crippen molar-refractivity contribution in [3.63, 3.8) is 0 Å². The van der Waals surface area contributed by atoms with Crippen molar-refractivity contribution in [1.29, 1.82) is 0 Å². The van der Waals surface area contributed by atoms with E-state index in [0.29, 0.717) is 5.92 Å². The number of aliphatic hydroxyl groups is 2. The van der Waals surface area contributed by atoms with Crippen molar-refractivity contribution in [2.24, 2.45) is 22.7 Å². The first-order chi connectivity index (χ1) is 17.7. The third-order valence-corrected chi connectivity index (χ3v) is 10.1. The molecule has 4 atom stereocenters. The van der Waals surface area contributed by atoms with Gasteiger partial charge in [0.05, 0.1) is 12.2 Å². The quantitative estimate of drug-likeness (QED) is 0.266. The average molecular weight is 693 g/mol. The summed E-state index contributed by atoms with van der Waals surface area (Å²) in [5.74, 6) is 0.657. The number of nitrogens with zero attached hydrogens (tertiary/aromatic N) is 1. The molecule has 1 aromatic heterocycles. The Kier molecular flexibility index (Phi) is 10.4. The van der Waals surface area contributed by atoms with Crippen molar-refractivity contribution in [1.82, 2.24) is 4.98 Å². The molecule has 3 nitrogen and oxygen atoms in total. The van der Waals surface area contributed by atoms with E-state index >= 15 is 0 Å². The van der Waals surface area contributed by atoms with Crippen LogP contribution in [0.3, 0.4) is 0 Å². The molecular weight excluding hydrogens is 647 g/mol. The molecule has 2 aliphatic carbocycles. The molecule has 0 amide bonds. The zero-order valence-corrected chi connectivity index (χ0v) is 26.4. The van der Waals surface area contributed by atoms with Crippen LogP contribution in [0.4, 0.5) is 0 Å². The van der Waals surface area contributed by atoms with Crippen LogP contribution < -0.4 is 0 Å². The van der Waals surface area contributed by atoms with Crippen LogP contribution in [-0.2, 0) is 20.1 Å². The maximum atomic E-state index is 10.9. The summed E-state index contributed by atoms with van der Waals surface area (Å²) in [7, 11) is 0. The summed E-state index contributed by atoms with van der Waals surface area (Å²) >= 11 is 0. The summed E-state index contributed by atoms with van der Waals surface area (Å²) in [6.45, 7) is 13.0. The van der Waals surface area contributed by atoms with Gasteiger partial charge < -0.3 is 15.2 Å². The van der Waals surface area contributed by atoms with Gasteiger partial charge in [0, 0.05) is 32.2 Å². The number of pyridine rings is 1. The molecule has 1 heterocycles. The Morgan fingerprint density at radius 3 is 2.16 bits per heavy atom. The van der Waals surface area contributed by atoms with Crippen molar-refractivity contribution in [2.75, 3.05) is 0 Å². The molecule has 4 heteroatoms. The van der Waals surface area contributed by atoms with Gasteiger partial charge in [0.1, 0.15) is 0 Å². The Labute approximate surface area is 243 Å². The van der Waals surface area contributed by atoms with E-state index in [2.05, 4.69) is 89.0 Å². The summed E-state index contributed by atoms with van der Waals surface area (Å²) in [4.78, 5) is 4.53. The molecule has 3 aromatic rings. The molecule has 38 heavy (non-hydrogen) atoms. The van der Waals surface area contributed by atoms with Crippen LogP contribution in [0.25, 0.3) is 22.0 Å². The third kappa shape index (κ3) is 5.66. The largest absolute Gasteiger partial charge is 0.392 e. The molecule has 5 rings (SSSR count). The fraction of sp³-hybridized carbons (Fsp3) is 0.559. The fourth-order valence-corrected chi connectivity index (χ4v) is 7.54. The van der Waals surface area contributed by atoms with Crippen LogP contribution in [0.1, 0.15) is 83.8 Å². The van der Waals surface area contributed by atoms with Crippen LogP contribution in [0.5, 0.6) is 0 Å². The molecular formula is C34H46IrNO2-. The normalized spacial score (nSPS) is 25.2. The second-order valence-electron chi connectivity index (χ2n) is 11.7. The summed E-state index contributed by atoms with van der Waals surface area (Å²) in [6, 6.07) is 18.0. The van der Waals surface area contributed by atoms with E-state index in [1.807, 2.05) is 12.3 Å². The van der Waals surface area contributed by atoms with Gasteiger partial charge in [-0.2, -0.15) is 0 Å². The maximum Gasteiger partial charge on any atom is 0.0651 e. The molecule has 2 aliphatic rings. The van der Waals surface area contributed by atoms with Crippen molar-refractivity contribution in [3.05, 3.63) is 65.9 Å². The van der Waals surface area contributed by atoms with E-state index in [0.717, 1.165) is 55.3 Å². The molecule has 0 saturated heterocycles. The van der Waals surface area contributed by atoms with Crippen molar-refractivity contribution >= 4 is 10.8 Å². The van der Waals surface area contributed by atoms with Crippen LogP contribution >= 0.6 is 0 Å². The number of benzene rings is 2. The van der Waals surface area contributed by atoms with Crippen LogP contribution in [-0.4, -0.2) is 27.4 Å². The second kappa shape index (κ2) is 12.7. The van der Waals surface area contributed by atoms with Gasteiger partial charge in [0.2, 0.25) is 0 Å². The molecule has 0 spiro atoms. The third-order valence-electron chi connectivity index (χ3n) is 10.1. The molecule has 2 saturated carbocycles. The number of aryl methyl sites for hydroxylation is 2. The molecule has 0 aliphatic heterocycles. The number of aliphatic hydroxyl groups excluding tert-OH is 2. The van der Waals surface area contributed by atoms with Gasteiger partial charge in [-0.05, 0) is 84.2 Å².